The van der Waals surface area contributed by atoms with Crippen LogP contribution in [0.5, 0.6) is 0 Å². The van der Waals surface area contributed by atoms with Gasteiger partial charge in [-0.1, -0.05) is 44.0 Å². The highest BCUT2D eigenvalue weighted by Crippen LogP contribution is 2.10. The van der Waals surface area contributed by atoms with E-state index in [-0.39, 0.29) is 0 Å². The molecule has 0 radical (unpaired) electrons. The Morgan fingerprint density at radius 3 is 2.67 bits per heavy atom. The predicted octanol–water partition coefficient (Wildman–Crippen LogP) is 3.44. The molecule has 84 valence electrons. The first kappa shape index (κ1) is 12.3. The van der Waals surface area contributed by atoms with Gasteiger partial charge in [0.2, 0.25) is 0 Å². The molecule has 0 bridgehead atoms. The zero-order valence-electron chi connectivity index (χ0n) is 10.4. The van der Waals surface area contributed by atoms with E-state index in [1.165, 1.54) is 23.1 Å². The summed E-state index contributed by atoms with van der Waals surface area (Å²) in [6.45, 7) is 11.0. The number of hydrogen-bond donors (Lipinski definition) is 1. The standard InChI is InChI=1S/C14H23N/c1-5-11(2)9-15-10-14-8-12(3)6-7-13(14)4/h6-8,11,15H,5,9-10H2,1-4H3. The monoisotopic (exact) mass is 205 g/mol. The number of benzene rings is 1. The van der Waals surface area contributed by atoms with Gasteiger partial charge in [-0.25, -0.2) is 0 Å². The minimum atomic E-state index is 0.773. The van der Waals surface area contributed by atoms with Crippen molar-refractivity contribution in [2.45, 2.75) is 40.7 Å². The van der Waals surface area contributed by atoms with Crippen molar-refractivity contribution in [3.8, 4) is 0 Å². The number of nitrogens with one attached hydrogen (secondary N) is 1. The van der Waals surface area contributed by atoms with E-state index in [0.29, 0.717) is 0 Å². The molecule has 15 heavy (non-hydrogen) atoms. The van der Waals surface area contributed by atoms with Crippen LogP contribution in [0, 0.1) is 19.8 Å². The minimum absolute atomic E-state index is 0.773. The molecule has 1 aromatic rings. The lowest BCUT2D eigenvalue weighted by Crippen LogP contribution is -2.20. The molecular formula is C14H23N. The van der Waals surface area contributed by atoms with Crippen LogP contribution in [-0.2, 0) is 6.54 Å². The highest BCUT2D eigenvalue weighted by Gasteiger charge is 2.00. The van der Waals surface area contributed by atoms with Gasteiger partial charge in [0.05, 0.1) is 0 Å². The normalized spacial score (nSPS) is 12.8. The molecule has 1 heteroatoms. The second-order valence-electron chi connectivity index (χ2n) is 4.57. The summed E-state index contributed by atoms with van der Waals surface area (Å²) in [7, 11) is 0. The van der Waals surface area contributed by atoms with Crippen LogP contribution in [0.3, 0.4) is 0 Å². The Hall–Kier alpha value is -0.820. The van der Waals surface area contributed by atoms with Crippen molar-refractivity contribution in [1.82, 2.24) is 5.32 Å². The Morgan fingerprint density at radius 1 is 1.27 bits per heavy atom. The van der Waals surface area contributed by atoms with Crippen molar-refractivity contribution < 1.29 is 0 Å². The molecular weight excluding hydrogens is 182 g/mol. The molecule has 0 saturated heterocycles. The van der Waals surface area contributed by atoms with Crippen LogP contribution in [0.2, 0.25) is 0 Å². The Kier molecular flexibility index (Phi) is 4.83. The first-order valence-corrected chi connectivity index (χ1v) is 5.90. The molecule has 0 heterocycles. The molecule has 1 atom stereocenters. The van der Waals surface area contributed by atoms with Gasteiger partial charge < -0.3 is 5.32 Å². The second-order valence-corrected chi connectivity index (χ2v) is 4.57. The van der Waals surface area contributed by atoms with Gasteiger partial charge in [0, 0.05) is 6.54 Å². The third-order valence-electron chi connectivity index (χ3n) is 3.01. The SMILES string of the molecule is CCC(C)CNCc1cc(C)ccc1C. The Morgan fingerprint density at radius 2 is 2.00 bits per heavy atom. The molecule has 0 aliphatic heterocycles. The van der Waals surface area contributed by atoms with Gasteiger partial charge >= 0.3 is 0 Å². The molecule has 0 fully saturated rings. The Balaban J connectivity index is 2.46. The topological polar surface area (TPSA) is 12.0 Å². The van der Waals surface area contributed by atoms with E-state index >= 15 is 0 Å². The van der Waals surface area contributed by atoms with E-state index in [2.05, 4.69) is 51.2 Å². The van der Waals surface area contributed by atoms with Crippen molar-refractivity contribution in [3.63, 3.8) is 0 Å². The number of aryl methyl sites for hydroxylation is 2. The molecule has 1 N–H and O–H groups in total. The fraction of sp³-hybridized carbons (Fsp3) is 0.571. The Labute approximate surface area is 93.9 Å². The van der Waals surface area contributed by atoms with Crippen LogP contribution in [0.4, 0.5) is 0 Å². The first-order chi connectivity index (χ1) is 7.13. The van der Waals surface area contributed by atoms with Gasteiger partial charge in [-0.2, -0.15) is 0 Å². The van der Waals surface area contributed by atoms with E-state index in [1.54, 1.807) is 0 Å². The van der Waals surface area contributed by atoms with Crippen molar-refractivity contribution >= 4 is 0 Å². The van der Waals surface area contributed by atoms with Crippen LogP contribution in [0.1, 0.15) is 37.0 Å². The van der Waals surface area contributed by atoms with E-state index in [1.807, 2.05) is 0 Å². The van der Waals surface area contributed by atoms with Crippen molar-refractivity contribution in [2.75, 3.05) is 6.54 Å². The first-order valence-electron chi connectivity index (χ1n) is 5.90. The molecule has 1 unspecified atom stereocenters. The van der Waals surface area contributed by atoms with Crippen molar-refractivity contribution in [3.05, 3.63) is 34.9 Å². The predicted molar refractivity (Wildman–Crippen MR) is 67.1 cm³/mol. The van der Waals surface area contributed by atoms with Crippen LogP contribution >= 0.6 is 0 Å². The Bertz CT molecular complexity index is 304. The average molecular weight is 205 g/mol. The number of rotatable bonds is 5. The number of hydrogen-bond acceptors (Lipinski definition) is 1. The lowest BCUT2D eigenvalue weighted by molar-refractivity contribution is 0.499. The largest absolute Gasteiger partial charge is 0.312 e. The van der Waals surface area contributed by atoms with Crippen LogP contribution in [0.25, 0.3) is 0 Å². The van der Waals surface area contributed by atoms with Crippen LogP contribution in [0.15, 0.2) is 18.2 Å². The molecule has 1 nitrogen and oxygen atoms in total. The van der Waals surface area contributed by atoms with E-state index in [9.17, 15) is 0 Å². The lowest BCUT2D eigenvalue weighted by Gasteiger charge is -2.12. The summed E-state index contributed by atoms with van der Waals surface area (Å²) in [6.07, 6.45) is 1.25. The fourth-order valence-corrected chi connectivity index (χ4v) is 1.59. The van der Waals surface area contributed by atoms with Crippen LogP contribution < -0.4 is 5.32 Å². The van der Waals surface area contributed by atoms with Crippen molar-refractivity contribution in [2.24, 2.45) is 5.92 Å². The van der Waals surface area contributed by atoms with Gasteiger partial charge in [0.25, 0.3) is 0 Å². The molecule has 1 rings (SSSR count). The lowest BCUT2D eigenvalue weighted by atomic mass is 10.1. The fourth-order valence-electron chi connectivity index (χ4n) is 1.59. The van der Waals surface area contributed by atoms with E-state index in [0.717, 1.165) is 19.0 Å². The van der Waals surface area contributed by atoms with Crippen LogP contribution in [-0.4, -0.2) is 6.54 Å². The summed E-state index contributed by atoms with van der Waals surface area (Å²) in [5.41, 5.74) is 4.16. The molecule has 1 aromatic carbocycles. The summed E-state index contributed by atoms with van der Waals surface area (Å²) in [5, 5.41) is 3.52. The summed E-state index contributed by atoms with van der Waals surface area (Å²) < 4.78 is 0. The molecule has 0 saturated carbocycles. The average Bonchev–Trinajstić information content (AvgIpc) is 2.23. The quantitative estimate of drug-likeness (QED) is 0.776. The summed E-state index contributed by atoms with van der Waals surface area (Å²) in [5.74, 6) is 0.773. The molecule has 0 aromatic heterocycles. The minimum Gasteiger partial charge on any atom is -0.312 e. The molecule has 0 spiro atoms. The zero-order chi connectivity index (χ0) is 11.3. The third-order valence-corrected chi connectivity index (χ3v) is 3.01. The van der Waals surface area contributed by atoms with Gasteiger partial charge in [-0.15, -0.1) is 0 Å². The smallest absolute Gasteiger partial charge is 0.0208 e. The maximum absolute atomic E-state index is 3.52. The van der Waals surface area contributed by atoms with Gasteiger partial charge in [0.1, 0.15) is 0 Å². The molecule has 0 aliphatic rings. The highest BCUT2D eigenvalue weighted by molar-refractivity contribution is 5.30. The van der Waals surface area contributed by atoms with Crippen molar-refractivity contribution in [1.29, 1.82) is 0 Å². The van der Waals surface area contributed by atoms with Gasteiger partial charge in [-0.05, 0) is 37.4 Å². The zero-order valence-corrected chi connectivity index (χ0v) is 10.4. The molecule has 0 amide bonds. The maximum Gasteiger partial charge on any atom is 0.0208 e. The van der Waals surface area contributed by atoms with E-state index < -0.39 is 0 Å². The maximum atomic E-state index is 3.52. The summed E-state index contributed by atoms with van der Waals surface area (Å²) >= 11 is 0. The van der Waals surface area contributed by atoms with E-state index in [4.69, 9.17) is 0 Å². The third kappa shape index (κ3) is 4.05. The van der Waals surface area contributed by atoms with Gasteiger partial charge in [0.15, 0.2) is 0 Å². The summed E-state index contributed by atoms with van der Waals surface area (Å²) in [6, 6.07) is 6.65. The second kappa shape index (κ2) is 5.92. The summed E-state index contributed by atoms with van der Waals surface area (Å²) in [4.78, 5) is 0. The molecule has 0 aliphatic carbocycles. The highest BCUT2D eigenvalue weighted by atomic mass is 14.9. The van der Waals surface area contributed by atoms with Gasteiger partial charge in [-0.3, -0.25) is 0 Å².